The number of aromatic nitrogens is 5. The molecule has 0 saturated carbocycles. The number of thioether (sulfide) groups is 2. The van der Waals surface area contributed by atoms with E-state index in [1.54, 1.807) is 7.05 Å². The third-order valence-corrected chi connectivity index (χ3v) is 7.41. The lowest BCUT2D eigenvalue weighted by atomic mass is 10.3. The van der Waals surface area contributed by atoms with Crippen molar-refractivity contribution in [2.24, 2.45) is 7.05 Å². The zero-order valence-corrected chi connectivity index (χ0v) is 18.6. The standard InChI is InChI=1S/C17H19N7O3S3/c1-23-16(20-21-22-23)28-9-14(25)18-11-2-3-12-13(8-11)30-17(19-12)29-10-15(26)24-4-6-27-7-5-24/h2-3,8H,4-7,9-10H2,1H3,(H,18,25). The summed E-state index contributed by atoms with van der Waals surface area (Å²) in [6.45, 7) is 2.49. The van der Waals surface area contributed by atoms with Gasteiger partial charge in [0.2, 0.25) is 17.0 Å². The third kappa shape index (κ3) is 5.28. The maximum Gasteiger partial charge on any atom is 0.234 e. The van der Waals surface area contributed by atoms with Crippen LogP contribution in [0.2, 0.25) is 0 Å². The lowest BCUT2D eigenvalue weighted by Crippen LogP contribution is -2.41. The largest absolute Gasteiger partial charge is 0.378 e. The van der Waals surface area contributed by atoms with Gasteiger partial charge in [-0.15, -0.1) is 16.4 Å². The molecule has 0 radical (unpaired) electrons. The monoisotopic (exact) mass is 465 g/mol. The number of carbonyl (C=O) groups excluding carboxylic acids is 2. The van der Waals surface area contributed by atoms with Gasteiger partial charge in [-0.3, -0.25) is 9.59 Å². The van der Waals surface area contributed by atoms with E-state index in [4.69, 9.17) is 4.74 Å². The Hall–Kier alpha value is -2.22. The number of rotatable bonds is 7. The molecule has 1 aromatic carbocycles. The van der Waals surface area contributed by atoms with Crippen LogP contribution in [0, 0.1) is 0 Å². The summed E-state index contributed by atoms with van der Waals surface area (Å²) in [6.07, 6.45) is 0. The highest BCUT2D eigenvalue weighted by molar-refractivity contribution is 8.01. The highest BCUT2D eigenvalue weighted by Crippen LogP contribution is 2.31. The Morgan fingerprint density at radius 2 is 2.07 bits per heavy atom. The van der Waals surface area contributed by atoms with E-state index < -0.39 is 0 Å². The second-order valence-corrected chi connectivity index (χ2v) is 9.56. The minimum absolute atomic E-state index is 0.103. The van der Waals surface area contributed by atoms with Crippen LogP contribution >= 0.6 is 34.9 Å². The number of fused-ring (bicyclic) bond motifs is 1. The molecule has 0 bridgehead atoms. The second-order valence-electron chi connectivity index (χ2n) is 6.37. The number of hydrogen-bond donors (Lipinski definition) is 1. The van der Waals surface area contributed by atoms with Gasteiger partial charge in [-0.05, 0) is 28.6 Å². The number of tetrazole rings is 1. The average molecular weight is 466 g/mol. The van der Waals surface area contributed by atoms with Crippen molar-refractivity contribution in [1.82, 2.24) is 30.1 Å². The summed E-state index contributed by atoms with van der Waals surface area (Å²) in [5.74, 6) is 0.528. The molecule has 1 saturated heterocycles. The van der Waals surface area contributed by atoms with E-state index >= 15 is 0 Å². The van der Waals surface area contributed by atoms with Gasteiger partial charge in [-0.1, -0.05) is 23.5 Å². The molecule has 13 heteroatoms. The van der Waals surface area contributed by atoms with Crippen LogP contribution in [0.1, 0.15) is 0 Å². The summed E-state index contributed by atoms with van der Waals surface area (Å²) in [5.41, 5.74) is 1.55. The first-order chi connectivity index (χ1) is 14.6. The quantitative estimate of drug-likeness (QED) is 0.518. The molecule has 2 aromatic heterocycles. The van der Waals surface area contributed by atoms with Crippen LogP contribution in [0.4, 0.5) is 5.69 Å². The van der Waals surface area contributed by atoms with Crippen molar-refractivity contribution in [2.75, 3.05) is 43.1 Å². The third-order valence-electron chi connectivity index (χ3n) is 4.25. The van der Waals surface area contributed by atoms with Gasteiger partial charge in [0.05, 0.1) is 34.9 Å². The number of morpholine rings is 1. The summed E-state index contributed by atoms with van der Waals surface area (Å²) in [7, 11) is 1.72. The highest BCUT2D eigenvalue weighted by atomic mass is 32.2. The molecule has 3 heterocycles. The molecule has 0 unspecified atom stereocenters. The fraction of sp³-hybridized carbons (Fsp3) is 0.412. The number of carbonyl (C=O) groups is 2. The molecule has 0 aliphatic carbocycles. The van der Waals surface area contributed by atoms with E-state index in [2.05, 4.69) is 25.8 Å². The predicted molar refractivity (Wildman–Crippen MR) is 116 cm³/mol. The molecule has 0 spiro atoms. The fourth-order valence-corrected chi connectivity index (χ4v) is 5.40. The number of anilines is 1. The molecule has 30 heavy (non-hydrogen) atoms. The summed E-state index contributed by atoms with van der Waals surface area (Å²) in [4.78, 5) is 30.9. The normalized spacial score (nSPS) is 14.2. The van der Waals surface area contributed by atoms with Crippen LogP contribution in [-0.4, -0.2) is 79.7 Å². The van der Waals surface area contributed by atoms with E-state index in [0.29, 0.717) is 42.9 Å². The van der Waals surface area contributed by atoms with Crippen molar-refractivity contribution in [3.8, 4) is 0 Å². The number of aryl methyl sites for hydroxylation is 1. The van der Waals surface area contributed by atoms with Gasteiger partial charge in [0.15, 0.2) is 4.34 Å². The topological polar surface area (TPSA) is 115 Å². The molecule has 1 aliphatic heterocycles. The Kier molecular flexibility index (Phi) is 6.82. The second kappa shape index (κ2) is 9.73. The predicted octanol–water partition coefficient (Wildman–Crippen LogP) is 1.50. The summed E-state index contributed by atoms with van der Waals surface area (Å²) >= 11 is 4.22. The molecule has 1 aliphatic rings. The van der Waals surface area contributed by atoms with Crippen LogP contribution in [0.5, 0.6) is 0 Å². The lowest BCUT2D eigenvalue weighted by molar-refractivity contribution is -0.132. The van der Waals surface area contributed by atoms with Crippen molar-refractivity contribution >= 4 is 62.6 Å². The first-order valence-electron chi connectivity index (χ1n) is 9.12. The lowest BCUT2D eigenvalue weighted by Gasteiger charge is -2.26. The molecule has 10 nitrogen and oxygen atoms in total. The molecule has 2 amide bonds. The zero-order chi connectivity index (χ0) is 20.9. The number of thiazole rings is 1. The van der Waals surface area contributed by atoms with E-state index in [1.807, 2.05) is 23.1 Å². The first-order valence-corrected chi connectivity index (χ1v) is 11.9. The van der Waals surface area contributed by atoms with Gasteiger partial charge in [-0.25, -0.2) is 9.67 Å². The molecule has 158 valence electrons. The van der Waals surface area contributed by atoms with Crippen molar-refractivity contribution in [3.63, 3.8) is 0 Å². The van der Waals surface area contributed by atoms with Gasteiger partial charge in [-0.2, -0.15) is 0 Å². The van der Waals surface area contributed by atoms with Crippen molar-refractivity contribution in [3.05, 3.63) is 18.2 Å². The minimum Gasteiger partial charge on any atom is -0.378 e. The van der Waals surface area contributed by atoms with E-state index in [9.17, 15) is 9.59 Å². The van der Waals surface area contributed by atoms with Gasteiger partial charge in [0, 0.05) is 25.8 Å². The Labute approximate surface area is 184 Å². The Morgan fingerprint density at radius 3 is 2.83 bits per heavy atom. The van der Waals surface area contributed by atoms with E-state index in [0.717, 1.165) is 14.6 Å². The van der Waals surface area contributed by atoms with Crippen LogP contribution < -0.4 is 5.32 Å². The highest BCUT2D eigenvalue weighted by Gasteiger charge is 2.18. The fourth-order valence-electron chi connectivity index (χ4n) is 2.74. The number of nitrogens with one attached hydrogen (secondary N) is 1. The van der Waals surface area contributed by atoms with Crippen molar-refractivity contribution in [1.29, 1.82) is 0 Å². The maximum atomic E-state index is 12.3. The van der Waals surface area contributed by atoms with E-state index in [1.165, 1.54) is 39.5 Å². The molecular formula is C17H19N7O3S3. The zero-order valence-electron chi connectivity index (χ0n) is 16.1. The average Bonchev–Trinajstić information content (AvgIpc) is 3.36. The number of ether oxygens (including phenoxy) is 1. The van der Waals surface area contributed by atoms with Gasteiger partial charge in [0.1, 0.15) is 0 Å². The van der Waals surface area contributed by atoms with Crippen LogP contribution in [0.25, 0.3) is 10.2 Å². The smallest absolute Gasteiger partial charge is 0.234 e. The SMILES string of the molecule is Cn1nnnc1SCC(=O)Nc1ccc2nc(SCC(=O)N3CCOCC3)sc2c1. The van der Waals surface area contributed by atoms with E-state index in [-0.39, 0.29) is 17.6 Å². The number of amides is 2. The van der Waals surface area contributed by atoms with Crippen LogP contribution in [-0.2, 0) is 21.4 Å². The van der Waals surface area contributed by atoms with Crippen LogP contribution in [0.3, 0.4) is 0 Å². The molecular weight excluding hydrogens is 446 g/mol. The molecule has 1 fully saturated rings. The Balaban J connectivity index is 1.32. The summed E-state index contributed by atoms with van der Waals surface area (Å²) in [6, 6.07) is 5.59. The molecule has 0 atom stereocenters. The molecule has 4 rings (SSSR count). The molecule has 1 N–H and O–H groups in total. The van der Waals surface area contributed by atoms with Crippen molar-refractivity contribution < 1.29 is 14.3 Å². The number of benzene rings is 1. The van der Waals surface area contributed by atoms with Crippen molar-refractivity contribution in [2.45, 2.75) is 9.50 Å². The summed E-state index contributed by atoms with van der Waals surface area (Å²) < 4.78 is 8.59. The van der Waals surface area contributed by atoms with Crippen LogP contribution in [0.15, 0.2) is 27.7 Å². The first kappa shape index (κ1) is 21.0. The maximum absolute atomic E-state index is 12.3. The van der Waals surface area contributed by atoms with Gasteiger partial charge >= 0.3 is 0 Å². The molecule has 3 aromatic rings. The Morgan fingerprint density at radius 1 is 1.23 bits per heavy atom. The number of hydrogen-bond acceptors (Lipinski definition) is 10. The van der Waals surface area contributed by atoms with Gasteiger partial charge < -0.3 is 15.0 Å². The Bertz CT molecular complexity index is 1050. The summed E-state index contributed by atoms with van der Waals surface area (Å²) in [5, 5.41) is 14.6. The number of nitrogens with zero attached hydrogens (tertiary/aromatic N) is 6. The van der Waals surface area contributed by atoms with Gasteiger partial charge in [0.25, 0.3) is 0 Å². The minimum atomic E-state index is -0.141.